The standard InChI is InChI=1S/C16H28N4/c1-4-14-9-7-6-8-10-20(14)12-16-18-13(3)11-15(19-16)17-5-2/h11,14H,4-10,12H2,1-3H3,(H,17,18,19). The molecule has 1 saturated heterocycles. The summed E-state index contributed by atoms with van der Waals surface area (Å²) < 4.78 is 0. The molecule has 0 aromatic carbocycles. The van der Waals surface area contributed by atoms with Crippen molar-refractivity contribution >= 4 is 5.82 Å². The quantitative estimate of drug-likeness (QED) is 0.895. The van der Waals surface area contributed by atoms with Gasteiger partial charge in [-0.1, -0.05) is 19.8 Å². The maximum atomic E-state index is 4.65. The van der Waals surface area contributed by atoms with E-state index in [0.717, 1.165) is 30.4 Å². The van der Waals surface area contributed by atoms with Crippen molar-refractivity contribution in [1.82, 2.24) is 14.9 Å². The molecule has 0 aliphatic carbocycles. The maximum Gasteiger partial charge on any atom is 0.144 e. The van der Waals surface area contributed by atoms with Gasteiger partial charge in [-0.3, -0.25) is 4.90 Å². The smallest absolute Gasteiger partial charge is 0.144 e. The molecule has 20 heavy (non-hydrogen) atoms. The number of anilines is 1. The highest BCUT2D eigenvalue weighted by Crippen LogP contribution is 2.21. The summed E-state index contributed by atoms with van der Waals surface area (Å²) in [4.78, 5) is 11.9. The average Bonchev–Trinajstić information content (AvgIpc) is 2.63. The second kappa shape index (κ2) is 7.58. The third kappa shape index (κ3) is 4.17. The predicted octanol–water partition coefficient (Wildman–Crippen LogP) is 3.37. The molecule has 1 aliphatic heterocycles. The number of hydrogen-bond donors (Lipinski definition) is 1. The molecule has 1 aromatic rings. The van der Waals surface area contributed by atoms with Crippen molar-refractivity contribution in [3.63, 3.8) is 0 Å². The molecule has 112 valence electrons. The van der Waals surface area contributed by atoms with Gasteiger partial charge in [0.15, 0.2) is 0 Å². The van der Waals surface area contributed by atoms with Crippen molar-refractivity contribution in [2.75, 3.05) is 18.4 Å². The van der Waals surface area contributed by atoms with E-state index in [1.165, 1.54) is 38.6 Å². The summed E-state index contributed by atoms with van der Waals surface area (Å²) in [6.07, 6.45) is 6.59. The second-order valence-corrected chi connectivity index (χ2v) is 5.72. The van der Waals surface area contributed by atoms with Crippen LogP contribution in [0.25, 0.3) is 0 Å². The van der Waals surface area contributed by atoms with Crippen LogP contribution in [0.4, 0.5) is 5.82 Å². The Kier molecular flexibility index (Phi) is 5.77. The highest BCUT2D eigenvalue weighted by Gasteiger charge is 2.20. The average molecular weight is 276 g/mol. The zero-order valence-electron chi connectivity index (χ0n) is 13.2. The third-order valence-electron chi connectivity index (χ3n) is 4.07. The van der Waals surface area contributed by atoms with Gasteiger partial charge in [-0.05, 0) is 39.7 Å². The number of likely N-dealkylation sites (tertiary alicyclic amines) is 1. The molecule has 4 heteroatoms. The molecule has 0 amide bonds. The van der Waals surface area contributed by atoms with Crippen molar-refractivity contribution in [3.05, 3.63) is 17.6 Å². The van der Waals surface area contributed by atoms with E-state index in [1.54, 1.807) is 0 Å². The lowest BCUT2D eigenvalue weighted by atomic mass is 10.1. The van der Waals surface area contributed by atoms with Crippen LogP contribution in [0.1, 0.15) is 57.5 Å². The van der Waals surface area contributed by atoms with Crippen LogP contribution in [0.3, 0.4) is 0 Å². The summed E-state index contributed by atoms with van der Waals surface area (Å²) in [5.41, 5.74) is 1.05. The molecule has 1 atom stereocenters. The number of nitrogens with zero attached hydrogens (tertiary/aromatic N) is 3. The normalized spacial score (nSPS) is 20.6. The largest absolute Gasteiger partial charge is 0.370 e. The van der Waals surface area contributed by atoms with Gasteiger partial charge in [0.25, 0.3) is 0 Å². The number of aromatic nitrogens is 2. The molecule has 2 rings (SSSR count). The maximum absolute atomic E-state index is 4.65. The lowest BCUT2D eigenvalue weighted by molar-refractivity contribution is 0.181. The van der Waals surface area contributed by atoms with Gasteiger partial charge in [0.2, 0.25) is 0 Å². The van der Waals surface area contributed by atoms with E-state index in [-0.39, 0.29) is 0 Å². The van der Waals surface area contributed by atoms with E-state index < -0.39 is 0 Å². The summed E-state index contributed by atoms with van der Waals surface area (Å²) in [7, 11) is 0. The van der Waals surface area contributed by atoms with Crippen molar-refractivity contribution in [2.24, 2.45) is 0 Å². The number of nitrogens with one attached hydrogen (secondary N) is 1. The Bertz CT molecular complexity index is 419. The summed E-state index contributed by atoms with van der Waals surface area (Å²) >= 11 is 0. The van der Waals surface area contributed by atoms with Crippen LogP contribution in [0, 0.1) is 6.92 Å². The lowest BCUT2D eigenvalue weighted by Crippen LogP contribution is -2.34. The van der Waals surface area contributed by atoms with Gasteiger partial charge >= 0.3 is 0 Å². The first kappa shape index (κ1) is 15.2. The Morgan fingerprint density at radius 2 is 2.10 bits per heavy atom. The highest BCUT2D eigenvalue weighted by molar-refractivity contribution is 5.35. The second-order valence-electron chi connectivity index (χ2n) is 5.72. The first-order valence-corrected chi connectivity index (χ1v) is 8.05. The fraction of sp³-hybridized carbons (Fsp3) is 0.750. The molecule has 0 bridgehead atoms. The predicted molar refractivity (Wildman–Crippen MR) is 83.9 cm³/mol. The van der Waals surface area contributed by atoms with Crippen LogP contribution in [-0.4, -0.2) is 34.0 Å². The van der Waals surface area contributed by atoms with Gasteiger partial charge in [-0.25, -0.2) is 9.97 Å². The SMILES string of the molecule is CCNc1cc(C)nc(CN2CCCCCC2CC)n1. The highest BCUT2D eigenvalue weighted by atomic mass is 15.2. The van der Waals surface area contributed by atoms with Gasteiger partial charge in [0.05, 0.1) is 6.54 Å². The summed E-state index contributed by atoms with van der Waals surface area (Å²) in [6, 6.07) is 2.72. The van der Waals surface area contributed by atoms with Crippen LogP contribution in [0.2, 0.25) is 0 Å². The van der Waals surface area contributed by atoms with Crippen LogP contribution in [-0.2, 0) is 6.54 Å². The lowest BCUT2D eigenvalue weighted by Gasteiger charge is -2.28. The van der Waals surface area contributed by atoms with E-state index in [9.17, 15) is 0 Å². The molecule has 1 N–H and O–H groups in total. The molecule has 2 heterocycles. The first-order valence-electron chi connectivity index (χ1n) is 8.05. The molecular weight excluding hydrogens is 248 g/mol. The summed E-state index contributed by atoms with van der Waals surface area (Å²) in [5, 5.41) is 3.29. The fourth-order valence-electron chi connectivity index (χ4n) is 3.06. The molecule has 1 fully saturated rings. The number of aryl methyl sites for hydroxylation is 1. The minimum atomic E-state index is 0.698. The van der Waals surface area contributed by atoms with Crippen molar-refractivity contribution in [1.29, 1.82) is 0 Å². The number of rotatable bonds is 5. The van der Waals surface area contributed by atoms with Gasteiger partial charge in [0.1, 0.15) is 11.6 Å². The van der Waals surface area contributed by atoms with E-state index in [0.29, 0.717) is 6.04 Å². The molecule has 4 nitrogen and oxygen atoms in total. The molecule has 0 saturated carbocycles. The zero-order valence-corrected chi connectivity index (χ0v) is 13.2. The first-order chi connectivity index (χ1) is 9.72. The van der Waals surface area contributed by atoms with Gasteiger partial charge in [0, 0.05) is 24.3 Å². The van der Waals surface area contributed by atoms with E-state index in [2.05, 4.69) is 34.0 Å². The molecule has 0 spiro atoms. The molecule has 1 aliphatic rings. The van der Waals surface area contributed by atoms with Crippen molar-refractivity contribution < 1.29 is 0 Å². The molecule has 0 radical (unpaired) electrons. The Labute approximate surface area is 123 Å². The Morgan fingerprint density at radius 3 is 2.85 bits per heavy atom. The molecule has 1 unspecified atom stereocenters. The minimum absolute atomic E-state index is 0.698. The van der Waals surface area contributed by atoms with Crippen molar-refractivity contribution in [3.8, 4) is 0 Å². The minimum Gasteiger partial charge on any atom is -0.370 e. The Hall–Kier alpha value is -1.16. The van der Waals surface area contributed by atoms with Crippen LogP contribution in [0.15, 0.2) is 6.07 Å². The van der Waals surface area contributed by atoms with E-state index in [4.69, 9.17) is 0 Å². The van der Waals surface area contributed by atoms with Crippen LogP contribution >= 0.6 is 0 Å². The fourth-order valence-corrected chi connectivity index (χ4v) is 3.06. The van der Waals surface area contributed by atoms with Crippen LogP contribution < -0.4 is 5.32 Å². The van der Waals surface area contributed by atoms with Gasteiger partial charge in [-0.2, -0.15) is 0 Å². The zero-order chi connectivity index (χ0) is 14.4. The summed E-state index contributed by atoms with van der Waals surface area (Å²) in [5.74, 6) is 1.92. The van der Waals surface area contributed by atoms with E-state index >= 15 is 0 Å². The third-order valence-corrected chi connectivity index (χ3v) is 4.07. The monoisotopic (exact) mass is 276 g/mol. The van der Waals surface area contributed by atoms with Gasteiger partial charge in [-0.15, -0.1) is 0 Å². The summed E-state index contributed by atoms with van der Waals surface area (Å²) in [6.45, 7) is 9.41. The number of hydrogen-bond acceptors (Lipinski definition) is 4. The van der Waals surface area contributed by atoms with E-state index in [1.807, 2.05) is 13.0 Å². The molecular formula is C16H28N4. The Balaban J connectivity index is 2.10. The topological polar surface area (TPSA) is 41.1 Å². The Morgan fingerprint density at radius 1 is 1.25 bits per heavy atom. The van der Waals surface area contributed by atoms with Crippen LogP contribution in [0.5, 0.6) is 0 Å². The van der Waals surface area contributed by atoms with Gasteiger partial charge < -0.3 is 5.32 Å². The van der Waals surface area contributed by atoms with Crippen molar-refractivity contribution in [2.45, 2.75) is 65.5 Å². The molecule has 1 aromatic heterocycles.